The first-order valence-corrected chi connectivity index (χ1v) is 10.6. The molecule has 2 saturated heterocycles. The van der Waals surface area contributed by atoms with Gasteiger partial charge in [-0.2, -0.15) is 0 Å². The standard InChI is InChI=1S/C24H28ClNO4/c1-4-5-6-7-8-21-16-29-23(28)26(21)22(27)15-24(13-17(2)30-18(3)14-24)19-9-11-20(25)12-10-19/h4-12,17-18,21H,1,13-16H2,2-3H3. The average molecular weight is 430 g/mol. The molecular weight excluding hydrogens is 402 g/mol. The predicted octanol–water partition coefficient (Wildman–Crippen LogP) is 5.20. The van der Waals surface area contributed by atoms with Gasteiger partial charge in [-0.05, 0) is 44.4 Å². The van der Waals surface area contributed by atoms with Gasteiger partial charge in [0.25, 0.3) is 0 Å². The monoisotopic (exact) mass is 429 g/mol. The van der Waals surface area contributed by atoms with Gasteiger partial charge in [-0.25, -0.2) is 9.69 Å². The Kier molecular flexibility index (Phi) is 7.16. The summed E-state index contributed by atoms with van der Waals surface area (Å²) in [5.74, 6) is -0.240. The summed E-state index contributed by atoms with van der Waals surface area (Å²) in [6, 6.07) is 7.21. The molecule has 3 atom stereocenters. The van der Waals surface area contributed by atoms with Crippen molar-refractivity contribution in [2.75, 3.05) is 6.61 Å². The molecule has 0 N–H and O–H groups in total. The first-order valence-electron chi connectivity index (χ1n) is 10.2. The molecule has 0 aromatic heterocycles. The molecular formula is C24H28ClNO4. The Morgan fingerprint density at radius 2 is 1.87 bits per heavy atom. The molecule has 0 spiro atoms. The van der Waals surface area contributed by atoms with E-state index in [0.717, 1.165) is 5.56 Å². The number of rotatable bonds is 6. The third kappa shape index (κ3) is 5.02. The SMILES string of the molecule is C=CC=CC=CC1COC(=O)N1C(=O)CC1(c2ccc(Cl)cc2)CC(C)OC(C)C1. The molecule has 0 saturated carbocycles. The molecule has 0 radical (unpaired) electrons. The lowest BCUT2D eigenvalue weighted by Crippen LogP contribution is -2.47. The molecule has 2 amide bonds. The predicted molar refractivity (Wildman–Crippen MR) is 117 cm³/mol. The molecule has 0 aliphatic carbocycles. The van der Waals surface area contributed by atoms with Crippen molar-refractivity contribution >= 4 is 23.6 Å². The van der Waals surface area contributed by atoms with Crippen LogP contribution >= 0.6 is 11.6 Å². The number of hydrogen-bond donors (Lipinski definition) is 0. The first-order chi connectivity index (χ1) is 14.3. The molecule has 1 aromatic rings. The van der Waals surface area contributed by atoms with Gasteiger partial charge in [0.1, 0.15) is 6.61 Å². The fourth-order valence-corrected chi connectivity index (χ4v) is 4.66. The smallest absolute Gasteiger partial charge is 0.417 e. The lowest BCUT2D eigenvalue weighted by atomic mass is 9.68. The van der Waals surface area contributed by atoms with E-state index in [2.05, 4.69) is 6.58 Å². The fourth-order valence-electron chi connectivity index (χ4n) is 4.54. The van der Waals surface area contributed by atoms with Crippen molar-refractivity contribution in [3.05, 3.63) is 71.8 Å². The Bertz CT molecular complexity index is 835. The number of carbonyl (C=O) groups excluding carboxylic acids is 2. The van der Waals surface area contributed by atoms with Crippen LogP contribution in [0, 0.1) is 0 Å². The van der Waals surface area contributed by atoms with Crippen molar-refractivity contribution < 1.29 is 19.1 Å². The lowest BCUT2D eigenvalue weighted by molar-refractivity contribution is -0.133. The molecule has 0 bridgehead atoms. The minimum absolute atomic E-state index is 0.00231. The molecule has 2 fully saturated rings. The van der Waals surface area contributed by atoms with Gasteiger partial charge in [-0.1, -0.05) is 60.7 Å². The van der Waals surface area contributed by atoms with Crippen LogP contribution in [0.15, 0.2) is 61.2 Å². The van der Waals surface area contributed by atoms with E-state index < -0.39 is 17.6 Å². The zero-order valence-corrected chi connectivity index (χ0v) is 18.2. The maximum atomic E-state index is 13.4. The highest BCUT2D eigenvalue weighted by Gasteiger charge is 2.45. The second kappa shape index (κ2) is 9.63. The van der Waals surface area contributed by atoms with E-state index in [4.69, 9.17) is 21.1 Å². The highest BCUT2D eigenvalue weighted by molar-refractivity contribution is 6.30. The molecule has 2 aliphatic heterocycles. The van der Waals surface area contributed by atoms with Crippen LogP contribution in [0.2, 0.25) is 5.02 Å². The molecule has 3 unspecified atom stereocenters. The largest absolute Gasteiger partial charge is 0.447 e. The molecule has 6 heteroatoms. The van der Waals surface area contributed by atoms with Gasteiger partial charge in [0, 0.05) is 16.9 Å². The molecule has 1 aromatic carbocycles. The third-order valence-electron chi connectivity index (χ3n) is 5.63. The van der Waals surface area contributed by atoms with Crippen LogP contribution in [0.3, 0.4) is 0 Å². The summed E-state index contributed by atoms with van der Waals surface area (Å²) in [4.78, 5) is 27.0. The number of cyclic esters (lactones) is 1. The van der Waals surface area contributed by atoms with Crippen LogP contribution in [0.25, 0.3) is 0 Å². The molecule has 2 heterocycles. The minimum atomic E-state index is -0.596. The van der Waals surface area contributed by atoms with E-state index in [1.54, 1.807) is 30.4 Å². The maximum absolute atomic E-state index is 13.4. The Labute approximate surface area is 183 Å². The van der Waals surface area contributed by atoms with Gasteiger partial charge in [0.2, 0.25) is 5.91 Å². The number of carbonyl (C=O) groups is 2. The highest BCUT2D eigenvalue weighted by atomic mass is 35.5. The number of halogens is 1. The van der Waals surface area contributed by atoms with Gasteiger partial charge in [0.05, 0.1) is 18.2 Å². The summed E-state index contributed by atoms with van der Waals surface area (Å²) >= 11 is 6.09. The number of amides is 2. The quantitative estimate of drug-likeness (QED) is 0.583. The minimum Gasteiger partial charge on any atom is -0.447 e. The highest BCUT2D eigenvalue weighted by Crippen LogP contribution is 2.43. The molecule has 30 heavy (non-hydrogen) atoms. The number of ether oxygens (including phenoxy) is 2. The van der Waals surface area contributed by atoms with E-state index in [9.17, 15) is 9.59 Å². The van der Waals surface area contributed by atoms with E-state index in [1.807, 2.05) is 38.1 Å². The third-order valence-corrected chi connectivity index (χ3v) is 5.89. The number of imide groups is 1. The molecule has 160 valence electrons. The zero-order chi connectivity index (χ0) is 21.7. The maximum Gasteiger partial charge on any atom is 0.417 e. The first kappa shape index (κ1) is 22.3. The van der Waals surface area contributed by atoms with Gasteiger partial charge in [-0.3, -0.25) is 4.79 Å². The van der Waals surface area contributed by atoms with Gasteiger partial charge >= 0.3 is 6.09 Å². The van der Waals surface area contributed by atoms with Gasteiger partial charge < -0.3 is 9.47 Å². The van der Waals surface area contributed by atoms with Crippen LogP contribution in [0.1, 0.15) is 38.7 Å². The zero-order valence-electron chi connectivity index (χ0n) is 17.4. The van der Waals surface area contributed by atoms with Gasteiger partial charge in [-0.15, -0.1) is 0 Å². The summed E-state index contributed by atoms with van der Waals surface area (Å²) < 4.78 is 11.1. The van der Waals surface area contributed by atoms with E-state index in [0.29, 0.717) is 17.9 Å². The topological polar surface area (TPSA) is 55.8 Å². The van der Waals surface area contributed by atoms with Crippen molar-refractivity contribution in [2.24, 2.45) is 0 Å². The number of nitrogens with zero attached hydrogens (tertiary/aromatic N) is 1. The number of allylic oxidation sites excluding steroid dienone is 4. The van der Waals surface area contributed by atoms with Crippen molar-refractivity contribution in [1.29, 1.82) is 0 Å². The molecule has 5 nitrogen and oxygen atoms in total. The lowest BCUT2D eigenvalue weighted by Gasteiger charge is -2.43. The van der Waals surface area contributed by atoms with Crippen molar-refractivity contribution in [1.82, 2.24) is 4.90 Å². The fraction of sp³-hybridized carbons (Fsp3) is 0.417. The van der Waals surface area contributed by atoms with Crippen LogP contribution < -0.4 is 0 Å². The summed E-state index contributed by atoms with van der Waals surface area (Å²) in [5.41, 5.74) is 0.606. The summed E-state index contributed by atoms with van der Waals surface area (Å²) in [6.45, 7) is 7.82. The number of hydrogen-bond acceptors (Lipinski definition) is 4. The second-order valence-electron chi connectivity index (χ2n) is 8.04. The molecule has 3 rings (SSSR count). The summed E-state index contributed by atoms with van der Waals surface area (Å²) in [5, 5.41) is 0.647. The molecule has 2 aliphatic rings. The van der Waals surface area contributed by atoms with Gasteiger partial charge in [0.15, 0.2) is 0 Å². The number of benzene rings is 1. The van der Waals surface area contributed by atoms with Crippen LogP contribution in [-0.2, 0) is 19.7 Å². The Hall–Kier alpha value is -2.37. The van der Waals surface area contributed by atoms with Crippen LogP contribution in [-0.4, -0.2) is 41.8 Å². The Morgan fingerprint density at radius 3 is 2.50 bits per heavy atom. The van der Waals surface area contributed by atoms with E-state index in [1.165, 1.54) is 4.90 Å². The van der Waals surface area contributed by atoms with Crippen molar-refractivity contribution in [3.63, 3.8) is 0 Å². The summed E-state index contributed by atoms with van der Waals surface area (Å²) in [6.07, 6.45) is 9.82. The average Bonchev–Trinajstić information content (AvgIpc) is 3.05. The van der Waals surface area contributed by atoms with Crippen LogP contribution in [0.4, 0.5) is 4.79 Å². The normalized spacial score (nSPS) is 29.5. The Balaban J connectivity index is 1.88. The summed E-state index contributed by atoms with van der Waals surface area (Å²) in [7, 11) is 0. The van der Waals surface area contributed by atoms with E-state index in [-0.39, 0.29) is 31.1 Å². The van der Waals surface area contributed by atoms with Crippen molar-refractivity contribution in [3.8, 4) is 0 Å². The van der Waals surface area contributed by atoms with Crippen LogP contribution in [0.5, 0.6) is 0 Å². The van der Waals surface area contributed by atoms with Crippen molar-refractivity contribution in [2.45, 2.75) is 56.8 Å². The van der Waals surface area contributed by atoms with E-state index >= 15 is 0 Å². The second-order valence-corrected chi connectivity index (χ2v) is 8.48. The Morgan fingerprint density at radius 1 is 1.20 bits per heavy atom.